The van der Waals surface area contributed by atoms with Crippen LogP contribution in [0.3, 0.4) is 0 Å². The number of aliphatic hydroxyl groups is 1. The molecule has 1 saturated carbocycles. The molecule has 140 valence electrons. The minimum absolute atomic E-state index is 0. The van der Waals surface area contributed by atoms with E-state index in [1.165, 1.54) is 25.0 Å². The Balaban J connectivity index is 0.00000225. The molecule has 0 unspecified atom stereocenters. The lowest BCUT2D eigenvalue weighted by Gasteiger charge is -2.19. The normalized spacial score (nSPS) is 23.3. The largest absolute Gasteiger partial charge is 0.392 e. The minimum atomic E-state index is 0. The van der Waals surface area contributed by atoms with Crippen LogP contribution in [0.4, 0.5) is 0 Å². The predicted molar refractivity (Wildman–Crippen MR) is 107 cm³/mol. The van der Waals surface area contributed by atoms with Crippen LogP contribution in [-0.4, -0.2) is 53.6 Å². The van der Waals surface area contributed by atoms with Gasteiger partial charge in [-0.15, -0.1) is 12.4 Å². The van der Waals surface area contributed by atoms with Crippen LogP contribution in [0.2, 0.25) is 0 Å². The molecule has 1 aromatic rings. The third-order valence-corrected chi connectivity index (χ3v) is 5.90. The lowest BCUT2D eigenvalue weighted by Crippen LogP contribution is -2.41. The van der Waals surface area contributed by atoms with Gasteiger partial charge in [-0.25, -0.2) is 0 Å². The van der Waals surface area contributed by atoms with Gasteiger partial charge in [0.1, 0.15) is 0 Å². The summed E-state index contributed by atoms with van der Waals surface area (Å²) in [6, 6.07) is 7.51. The standard InChI is InChI=1S/C19H28N2O2S.ClH/c1-24-10-2-9-21-11-17(15-7-8-15)18(12-21)20-19(23)16-5-3-14(13-22)4-6-16;/h3-6,15,17-18,22H,2,7-13H2,1H3,(H,20,23);1H/t17-,18+;/m1./s1. The third-order valence-electron chi connectivity index (χ3n) is 5.21. The number of thioether (sulfide) groups is 1. The Morgan fingerprint density at radius 1 is 1.28 bits per heavy atom. The van der Waals surface area contributed by atoms with E-state index >= 15 is 0 Å². The molecule has 0 aromatic heterocycles. The van der Waals surface area contributed by atoms with E-state index in [2.05, 4.69) is 16.5 Å². The highest BCUT2D eigenvalue weighted by atomic mass is 35.5. The first-order valence-corrected chi connectivity index (χ1v) is 10.3. The van der Waals surface area contributed by atoms with Gasteiger partial charge in [-0.3, -0.25) is 4.79 Å². The molecule has 2 N–H and O–H groups in total. The molecule has 2 atom stereocenters. The van der Waals surface area contributed by atoms with E-state index in [0.29, 0.717) is 11.5 Å². The number of hydrogen-bond acceptors (Lipinski definition) is 4. The maximum Gasteiger partial charge on any atom is 0.251 e. The molecule has 4 nitrogen and oxygen atoms in total. The van der Waals surface area contributed by atoms with Crippen LogP contribution < -0.4 is 5.32 Å². The molecule has 25 heavy (non-hydrogen) atoms. The molecule has 1 aliphatic carbocycles. The first-order chi connectivity index (χ1) is 11.7. The van der Waals surface area contributed by atoms with E-state index in [0.717, 1.165) is 31.1 Å². The molecule has 2 fully saturated rings. The van der Waals surface area contributed by atoms with Gasteiger partial charge in [0.05, 0.1) is 6.61 Å². The zero-order valence-electron chi connectivity index (χ0n) is 14.8. The van der Waals surface area contributed by atoms with Gasteiger partial charge in [-0.2, -0.15) is 11.8 Å². The summed E-state index contributed by atoms with van der Waals surface area (Å²) >= 11 is 1.90. The van der Waals surface area contributed by atoms with Crippen LogP contribution in [0.15, 0.2) is 24.3 Å². The Kier molecular flexibility index (Phi) is 8.07. The topological polar surface area (TPSA) is 52.6 Å². The summed E-state index contributed by atoms with van der Waals surface area (Å²) in [6.07, 6.45) is 6.02. The Morgan fingerprint density at radius 3 is 2.60 bits per heavy atom. The number of likely N-dealkylation sites (tertiary alicyclic amines) is 1. The Labute approximate surface area is 161 Å². The quantitative estimate of drug-likeness (QED) is 0.677. The van der Waals surface area contributed by atoms with Crippen LogP contribution in [0.25, 0.3) is 0 Å². The van der Waals surface area contributed by atoms with Gasteiger partial charge in [-0.05, 0) is 67.3 Å². The van der Waals surface area contributed by atoms with E-state index in [4.69, 9.17) is 5.11 Å². The van der Waals surface area contributed by atoms with E-state index in [1.54, 1.807) is 12.1 Å². The van der Waals surface area contributed by atoms with Crippen molar-refractivity contribution in [3.63, 3.8) is 0 Å². The molecule has 1 aliphatic heterocycles. The summed E-state index contributed by atoms with van der Waals surface area (Å²) in [5.74, 6) is 2.64. The van der Waals surface area contributed by atoms with Gasteiger partial charge in [0.15, 0.2) is 0 Å². The van der Waals surface area contributed by atoms with Crippen molar-refractivity contribution in [3.8, 4) is 0 Å². The number of nitrogens with one attached hydrogen (secondary N) is 1. The van der Waals surface area contributed by atoms with Gasteiger partial charge >= 0.3 is 0 Å². The average molecular weight is 385 g/mol. The van der Waals surface area contributed by atoms with Gasteiger partial charge < -0.3 is 15.3 Å². The number of carbonyl (C=O) groups excluding carboxylic acids is 1. The predicted octanol–water partition coefficient (Wildman–Crippen LogP) is 2.79. The van der Waals surface area contributed by atoms with Crippen LogP contribution in [0, 0.1) is 11.8 Å². The maximum absolute atomic E-state index is 12.6. The fourth-order valence-corrected chi connectivity index (χ4v) is 4.11. The Bertz CT molecular complexity index is 551. The monoisotopic (exact) mass is 384 g/mol. The van der Waals surface area contributed by atoms with Crippen LogP contribution in [-0.2, 0) is 6.61 Å². The number of aliphatic hydroxyl groups excluding tert-OH is 1. The summed E-state index contributed by atoms with van der Waals surface area (Å²) < 4.78 is 0. The fraction of sp³-hybridized carbons (Fsp3) is 0.632. The van der Waals surface area contributed by atoms with E-state index < -0.39 is 0 Å². The van der Waals surface area contributed by atoms with Gasteiger partial charge in [0, 0.05) is 24.7 Å². The van der Waals surface area contributed by atoms with Crippen molar-refractivity contribution in [3.05, 3.63) is 35.4 Å². The molecule has 1 heterocycles. The van der Waals surface area contributed by atoms with Gasteiger partial charge in [-0.1, -0.05) is 12.1 Å². The van der Waals surface area contributed by atoms with Crippen molar-refractivity contribution >= 4 is 30.1 Å². The highest BCUT2D eigenvalue weighted by molar-refractivity contribution is 7.98. The molecule has 0 bridgehead atoms. The molecule has 1 amide bonds. The zero-order chi connectivity index (χ0) is 16.9. The highest BCUT2D eigenvalue weighted by Crippen LogP contribution is 2.41. The van der Waals surface area contributed by atoms with Crippen molar-refractivity contribution in [2.75, 3.05) is 31.6 Å². The Hall–Kier alpha value is -0.750. The van der Waals surface area contributed by atoms with E-state index in [-0.39, 0.29) is 31.0 Å². The van der Waals surface area contributed by atoms with E-state index in [1.807, 2.05) is 23.9 Å². The third kappa shape index (κ3) is 5.61. The second kappa shape index (κ2) is 9.81. The maximum atomic E-state index is 12.6. The summed E-state index contributed by atoms with van der Waals surface area (Å²) in [4.78, 5) is 15.1. The lowest BCUT2D eigenvalue weighted by molar-refractivity contribution is 0.0928. The summed E-state index contributed by atoms with van der Waals surface area (Å²) in [6.45, 7) is 3.27. The molecule has 0 spiro atoms. The second-order valence-corrected chi connectivity index (χ2v) is 8.03. The van der Waals surface area contributed by atoms with Crippen molar-refractivity contribution in [2.24, 2.45) is 11.8 Å². The second-order valence-electron chi connectivity index (χ2n) is 7.04. The lowest BCUT2D eigenvalue weighted by atomic mass is 9.97. The van der Waals surface area contributed by atoms with E-state index in [9.17, 15) is 4.79 Å². The van der Waals surface area contributed by atoms with Gasteiger partial charge in [0.2, 0.25) is 0 Å². The van der Waals surface area contributed by atoms with Crippen LogP contribution in [0.1, 0.15) is 35.2 Å². The number of rotatable bonds is 8. The zero-order valence-corrected chi connectivity index (χ0v) is 16.5. The number of nitrogens with zero attached hydrogens (tertiary/aromatic N) is 1. The van der Waals surface area contributed by atoms with Crippen molar-refractivity contribution in [1.29, 1.82) is 0 Å². The first-order valence-electron chi connectivity index (χ1n) is 8.93. The first kappa shape index (κ1) is 20.6. The average Bonchev–Trinajstić information content (AvgIpc) is 3.37. The number of benzene rings is 1. The van der Waals surface area contributed by atoms with Gasteiger partial charge in [0.25, 0.3) is 5.91 Å². The van der Waals surface area contributed by atoms with Crippen molar-refractivity contribution in [2.45, 2.75) is 31.9 Å². The molecule has 1 saturated heterocycles. The summed E-state index contributed by atoms with van der Waals surface area (Å²) in [5.41, 5.74) is 1.52. The van der Waals surface area contributed by atoms with Crippen molar-refractivity contribution in [1.82, 2.24) is 10.2 Å². The smallest absolute Gasteiger partial charge is 0.251 e. The fourth-order valence-electron chi connectivity index (χ4n) is 3.70. The SMILES string of the molecule is CSCCCN1C[C@H](NC(=O)c2ccc(CO)cc2)[C@@H](C2CC2)C1.Cl. The molecule has 2 aliphatic rings. The molecule has 6 heteroatoms. The number of carbonyl (C=O) groups is 1. The molecular formula is C19H29ClN2O2S. The highest BCUT2D eigenvalue weighted by Gasteiger charge is 2.42. The number of amides is 1. The van der Waals surface area contributed by atoms with Crippen LogP contribution >= 0.6 is 24.2 Å². The summed E-state index contributed by atoms with van der Waals surface area (Å²) in [7, 11) is 0. The van der Waals surface area contributed by atoms with Crippen molar-refractivity contribution < 1.29 is 9.90 Å². The molecule has 1 aromatic carbocycles. The molecule has 3 rings (SSSR count). The number of halogens is 1. The Morgan fingerprint density at radius 2 is 2.00 bits per heavy atom. The minimum Gasteiger partial charge on any atom is -0.392 e. The molecular weight excluding hydrogens is 356 g/mol. The van der Waals surface area contributed by atoms with Crippen LogP contribution in [0.5, 0.6) is 0 Å². The number of hydrogen-bond donors (Lipinski definition) is 2. The molecule has 0 radical (unpaired) electrons. The summed E-state index contributed by atoms with van der Waals surface area (Å²) in [5, 5.41) is 12.4.